The first-order chi connectivity index (χ1) is 15.9. The number of nitrogens with zero attached hydrogens (tertiary/aromatic N) is 4. The highest BCUT2D eigenvalue weighted by Gasteiger charge is 2.18. The van der Waals surface area contributed by atoms with Gasteiger partial charge in [0, 0.05) is 31.0 Å². The van der Waals surface area contributed by atoms with Gasteiger partial charge in [0.1, 0.15) is 5.75 Å². The molecular formula is C24H23ClN6O2. The number of benzene rings is 2. The SMILES string of the molecule is COc1cc2c(cc1Nc1ncc3c(N)cc(=O)n(-c4ccccc4Cl)c3n1)CN(C)CC2. The highest BCUT2D eigenvalue weighted by atomic mass is 35.5. The molecule has 168 valence electrons. The summed E-state index contributed by atoms with van der Waals surface area (Å²) in [6, 6.07) is 12.6. The van der Waals surface area contributed by atoms with Crippen LogP contribution in [-0.2, 0) is 13.0 Å². The first-order valence-electron chi connectivity index (χ1n) is 10.5. The third kappa shape index (κ3) is 3.88. The van der Waals surface area contributed by atoms with Gasteiger partial charge in [-0.1, -0.05) is 23.7 Å². The van der Waals surface area contributed by atoms with Crippen LogP contribution in [0.5, 0.6) is 5.75 Å². The number of likely N-dealkylation sites (N-methyl/N-ethyl adjacent to an activating group) is 1. The molecular weight excluding hydrogens is 440 g/mol. The van der Waals surface area contributed by atoms with Gasteiger partial charge >= 0.3 is 0 Å². The number of nitrogen functional groups attached to an aromatic ring is 1. The number of pyridine rings is 1. The zero-order valence-electron chi connectivity index (χ0n) is 18.3. The quantitative estimate of drug-likeness (QED) is 0.476. The molecule has 5 rings (SSSR count). The Morgan fingerprint density at radius 1 is 1.18 bits per heavy atom. The normalized spacial score (nSPS) is 13.7. The van der Waals surface area contributed by atoms with Crippen LogP contribution in [-0.4, -0.2) is 40.1 Å². The average Bonchev–Trinajstić information content (AvgIpc) is 2.79. The number of hydrogen-bond acceptors (Lipinski definition) is 7. The number of nitrogens with two attached hydrogens (primary N) is 1. The lowest BCUT2D eigenvalue weighted by molar-refractivity contribution is 0.312. The molecule has 0 bridgehead atoms. The van der Waals surface area contributed by atoms with Crippen LogP contribution >= 0.6 is 11.6 Å². The summed E-state index contributed by atoms with van der Waals surface area (Å²) in [7, 11) is 3.74. The van der Waals surface area contributed by atoms with E-state index in [1.165, 1.54) is 21.8 Å². The number of ether oxygens (including phenoxy) is 1. The number of nitrogens with one attached hydrogen (secondary N) is 1. The second-order valence-electron chi connectivity index (χ2n) is 8.09. The van der Waals surface area contributed by atoms with Crippen molar-refractivity contribution < 1.29 is 4.74 Å². The van der Waals surface area contributed by atoms with E-state index in [2.05, 4.69) is 39.4 Å². The van der Waals surface area contributed by atoms with Crippen LogP contribution in [0, 0.1) is 0 Å². The van der Waals surface area contributed by atoms with Gasteiger partial charge in [0.15, 0.2) is 5.65 Å². The number of aromatic nitrogens is 3. The van der Waals surface area contributed by atoms with Gasteiger partial charge in [-0.3, -0.25) is 9.36 Å². The van der Waals surface area contributed by atoms with Crippen LogP contribution < -0.4 is 21.3 Å². The van der Waals surface area contributed by atoms with Crippen LogP contribution in [0.15, 0.2) is 53.5 Å². The molecule has 0 spiro atoms. The third-order valence-electron chi connectivity index (χ3n) is 5.86. The number of rotatable bonds is 4. The van der Waals surface area contributed by atoms with Crippen LogP contribution in [0.25, 0.3) is 16.7 Å². The molecule has 0 amide bonds. The maximum Gasteiger partial charge on any atom is 0.258 e. The van der Waals surface area contributed by atoms with E-state index in [1.54, 1.807) is 31.5 Å². The minimum Gasteiger partial charge on any atom is -0.495 e. The molecule has 1 aliphatic heterocycles. The van der Waals surface area contributed by atoms with Gasteiger partial charge in [-0.25, -0.2) is 4.98 Å². The molecule has 2 aromatic carbocycles. The molecule has 0 aliphatic carbocycles. The average molecular weight is 463 g/mol. The van der Waals surface area contributed by atoms with E-state index in [-0.39, 0.29) is 5.56 Å². The van der Waals surface area contributed by atoms with Crippen molar-refractivity contribution in [2.45, 2.75) is 13.0 Å². The number of anilines is 3. The summed E-state index contributed by atoms with van der Waals surface area (Å²) in [5.74, 6) is 1.02. The lowest BCUT2D eigenvalue weighted by Gasteiger charge is -2.26. The summed E-state index contributed by atoms with van der Waals surface area (Å²) in [4.78, 5) is 24.2. The molecule has 4 aromatic rings. The predicted octanol–water partition coefficient (Wildman–Crippen LogP) is 3.76. The second-order valence-corrected chi connectivity index (χ2v) is 8.50. The van der Waals surface area contributed by atoms with Gasteiger partial charge in [-0.15, -0.1) is 0 Å². The summed E-state index contributed by atoms with van der Waals surface area (Å²) in [5, 5.41) is 4.24. The van der Waals surface area contributed by atoms with Crippen molar-refractivity contribution in [3.8, 4) is 11.4 Å². The molecule has 0 radical (unpaired) electrons. The Kier molecular flexibility index (Phi) is 5.39. The van der Waals surface area contributed by atoms with Crippen molar-refractivity contribution in [2.75, 3.05) is 31.8 Å². The molecule has 0 unspecified atom stereocenters. The molecule has 0 saturated heterocycles. The first-order valence-corrected chi connectivity index (χ1v) is 10.9. The van der Waals surface area contributed by atoms with E-state index in [0.717, 1.165) is 25.2 Å². The molecule has 0 atom stereocenters. The van der Waals surface area contributed by atoms with Crippen LogP contribution in [0.1, 0.15) is 11.1 Å². The summed E-state index contributed by atoms with van der Waals surface area (Å²) < 4.78 is 7.07. The predicted molar refractivity (Wildman–Crippen MR) is 131 cm³/mol. The number of hydrogen-bond donors (Lipinski definition) is 2. The van der Waals surface area contributed by atoms with E-state index in [9.17, 15) is 4.79 Å². The monoisotopic (exact) mass is 462 g/mol. The Morgan fingerprint density at radius 3 is 2.79 bits per heavy atom. The Balaban J connectivity index is 1.64. The van der Waals surface area contributed by atoms with Gasteiger partial charge in [-0.2, -0.15) is 4.98 Å². The van der Waals surface area contributed by atoms with Crippen molar-refractivity contribution in [1.82, 2.24) is 19.4 Å². The molecule has 33 heavy (non-hydrogen) atoms. The Hall–Kier alpha value is -3.62. The number of para-hydroxylation sites is 1. The van der Waals surface area contributed by atoms with E-state index in [0.29, 0.717) is 39.1 Å². The minimum atomic E-state index is -0.327. The Morgan fingerprint density at radius 2 is 2.00 bits per heavy atom. The zero-order valence-corrected chi connectivity index (χ0v) is 19.1. The Labute approximate surface area is 195 Å². The van der Waals surface area contributed by atoms with E-state index < -0.39 is 0 Å². The van der Waals surface area contributed by atoms with E-state index in [1.807, 2.05) is 6.07 Å². The van der Waals surface area contributed by atoms with E-state index >= 15 is 0 Å². The Bertz CT molecular complexity index is 1430. The van der Waals surface area contributed by atoms with Crippen molar-refractivity contribution >= 4 is 40.0 Å². The minimum absolute atomic E-state index is 0.305. The van der Waals surface area contributed by atoms with E-state index in [4.69, 9.17) is 22.1 Å². The van der Waals surface area contributed by atoms with Gasteiger partial charge < -0.3 is 20.7 Å². The molecule has 3 N–H and O–H groups in total. The molecule has 1 aliphatic rings. The molecule has 0 saturated carbocycles. The number of methoxy groups -OCH3 is 1. The van der Waals surface area contributed by atoms with Crippen molar-refractivity contribution in [2.24, 2.45) is 0 Å². The van der Waals surface area contributed by atoms with Crippen LogP contribution in [0.2, 0.25) is 5.02 Å². The van der Waals surface area contributed by atoms with Crippen LogP contribution in [0.3, 0.4) is 0 Å². The fourth-order valence-electron chi connectivity index (χ4n) is 4.17. The molecule has 8 nitrogen and oxygen atoms in total. The fourth-order valence-corrected chi connectivity index (χ4v) is 4.39. The third-order valence-corrected chi connectivity index (χ3v) is 6.18. The highest BCUT2D eigenvalue weighted by Crippen LogP contribution is 2.33. The molecule has 9 heteroatoms. The lowest BCUT2D eigenvalue weighted by Crippen LogP contribution is -2.26. The van der Waals surface area contributed by atoms with Gasteiger partial charge in [0.2, 0.25) is 5.95 Å². The van der Waals surface area contributed by atoms with Gasteiger partial charge in [0.05, 0.1) is 28.9 Å². The molecule has 0 fully saturated rings. The first kappa shape index (κ1) is 21.2. The second kappa shape index (κ2) is 8.38. The molecule has 2 aromatic heterocycles. The smallest absolute Gasteiger partial charge is 0.258 e. The topological polar surface area (TPSA) is 98.3 Å². The lowest BCUT2D eigenvalue weighted by atomic mass is 9.99. The van der Waals surface area contributed by atoms with Crippen molar-refractivity contribution in [3.63, 3.8) is 0 Å². The largest absolute Gasteiger partial charge is 0.495 e. The summed E-state index contributed by atoms with van der Waals surface area (Å²) in [6.45, 7) is 1.87. The summed E-state index contributed by atoms with van der Waals surface area (Å²) in [5.41, 5.74) is 10.2. The van der Waals surface area contributed by atoms with Gasteiger partial charge in [-0.05, 0) is 48.9 Å². The van der Waals surface area contributed by atoms with Gasteiger partial charge in [0.25, 0.3) is 5.56 Å². The maximum atomic E-state index is 12.9. The molecule has 3 heterocycles. The van der Waals surface area contributed by atoms with Crippen molar-refractivity contribution in [1.29, 1.82) is 0 Å². The number of fused-ring (bicyclic) bond motifs is 2. The highest BCUT2D eigenvalue weighted by molar-refractivity contribution is 6.32. The zero-order chi connectivity index (χ0) is 23.1. The summed E-state index contributed by atoms with van der Waals surface area (Å²) in [6.07, 6.45) is 2.57. The van der Waals surface area contributed by atoms with Crippen LogP contribution in [0.4, 0.5) is 17.3 Å². The fraction of sp³-hybridized carbons (Fsp3) is 0.208. The number of halogens is 1. The standard InChI is InChI=1S/C24H23ClN6O2/c1-30-8-7-14-10-21(33-2)19(9-15(14)13-30)28-24-27-12-16-18(26)11-22(32)31(23(16)29-24)20-6-4-3-5-17(20)25/h3-6,9-12H,7-8,13,26H2,1-2H3,(H,27,28,29). The van der Waals surface area contributed by atoms with Crippen molar-refractivity contribution in [3.05, 3.63) is 75.2 Å². The summed E-state index contributed by atoms with van der Waals surface area (Å²) >= 11 is 6.39. The maximum absolute atomic E-state index is 12.9.